The first kappa shape index (κ1) is 26.1. The summed E-state index contributed by atoms with van der Waals surface area (Å²) in [4.78, 5) is 13.3. The van der Waals surface area contributed by atoms with Crippen LogP contribution in [0, 0.1) is 12.7 Å². The highest BCUT2D eigenvalue weighted by Gasteiger charge is 2.32. The van der Waals surface area contributed by atoms with Gasteiger partial charge in [-0.25, -0.2) is 4.39 Å². The van der Waals surface area contributed by atoms with Crippen molar-refractivity contribution in [1.82, 2.24) is 9.78 Å². The minimum atomic E-state index is -1.81. The van der Waals surface area contributed by atoms with Crippen molar-refractivity contribution in [3.63, 3.8) is 0 Å². The van der Waals surface area contributed by atoms with Crippen molar-refractivity contribution in [2.24, 2.45) is 0 Å². The van der Waals surface area contributed by atoms with Crippen LogP contribution in [-0.4, -0.2) is 21.5 Å². The number of anilines is 1. The number of nitrogens with zero attached hydrogens (tertiary/aromatic N) is 2. The molecule has 0 atom stereocenters. The molecule has 186 valence electrons. The molecule has 0 aliphatic heterocycles. The van der Waals surface area contributed by atoms with Crippen LogP contribution in [0.3, 0.4) is 0 Å². The van der Waals surface area contributed by atoms with Gasteiger partial charge in [-0.1, -0.05) is 18.7 Å². The Labute approximate surface area is 205 Å². The molecule has 5 nitrogen and oxygen atoms in total. The molecular weight excluding hydrogens is 448 g/mol. The van der Waals surface area contributed by atoms with E-state index < -0.39 is 17.1 Å². The van der Waals surface area contributed by atoms with Gasteiger partial charge in [-0.05, 0) is 75.6 Å². The Morgan fingerprint density at radius 2 is 1.89 bits per heavy atom. The molecule has 1 aromatic heterocycles. The first-order chi connectivity index (χ1) is 16.2. The lowest BCUT2D eigenvalue weighted by molar-refractivity contribution is -0.120. The van der Waals surface area contributed by atoms with Crippen molar-refractivity contribution in [2.45, 2.75) is 65.8 Å². The number of carbonyl (C=O) groups excluding carboxylic acids is 1. The van der Waals surface area contributed by atoms with E-state index in [4.69, 9.17) is 4.74 Å². The Balaban J connectivity index is 1.89. The zero-order valence-corrected chi connectivity index (χ0v) is 21.4. The maximum absolute atomic E-state index is 15.2. The third kappa shape index (κ3) is 5.78. The predicted octanol–water partition coefficient (Wildman–Crippen LogP) is 7.22. The lowest BCUT2D eigenvalue weighted by atomic mass is 9.81. The number of aromatic nitrogens is 2. The van der Waals surface area contributed by atoms with Crippen LogP contribution in [0.15, 0.2) is 49.3 Å². The molecule has 0 aliphatic carbocycles. The predicted molar refractivity (Wildman–Crippen MR) is 137 cm³/mol. The third-order valence-corrected chi connectivity index (χ3v) is 5.82. The van der Waals surface area contributed by atoms with Gasteiger partial charge >= 0.3 is 0 Å². The minimum absolute atomic E-state index is 0.146. The Bertz CT molecular complexity index is 1250. The highest BCUT2D eigenvalue weighted by molar-refractivity contribution is 5.99. The van der Waals surface area contributed by atoms with Gasteiger partial charge in [0, 0.05) is 42.9 Å². The average Bonchev–Trinajstić information content (AvgIpc) is 3.21. The van der Waals surface area contributed by atoms with Gasteiger partial charge in [0.1, 0.15) is 11.6 Å². The van der Waals surface area contributed by atoms with Crippen LogP contribution in [0.2, 0.25) is 0 Å². The standard InChI is InChI=1S/C28H33F2N3O2/c1-9-19-13-21(14-24(29)25(19)20-15-31-33(16-20)17(2)3)32-26(34)27(5,6)23-11-10-22(12-18(23)4)35-28(7,8)30/h9-17H,1H2,2-8H3,(H,32,34). The second kappa shape index (κ2) is 9.64. The van der Waals surface area contributed by atoms with Crippen molar-refractivity contribution < 1.29 is 18.3 Å². The number of halogens is 2. The Morgan fingerprint density at radius 1 is 1.20 bits per heavy atom. The van der Waals surface area contributed by atoms with Crippen LogP contribution < -0.4 is 10.1 Å². The second-order valence-corrected chi connectivity index (χ2v) is 9.95. The molecule has 1 amide bonds. The van der Waals surface area contributed by atoms with Crippen LogP contribution in [0.1, 0.15) is 64.3 Å². The van der Waals surface area contributed by atoms with Crippen LogP contribution in [-0.2, 0) is 10.2 Å². The van der Waals surface area contributed by atoms with E-state index in [1.807, 2.05) is 20.8 Å². The van der Waals surface area contributed by atoms with Gasteiger partial charge in [-0.15, -0.1) is 0 Å². The van der Waals surface area contributed by atoms with E-state index in [0.29, 0.717) is 28.1 Å². The monoisotopic (exact) mass is 481 g/mol. The number of benzene rings is 2. The Hall–Kier alpha value is -3.48. The topological polar surface area (TPSA) is 56.1 Å². The number of aryl methyl sites for hydroxylation is 1. The molecule has 1 heterocycles. The highest BCUT2D eigenvalue weighted by Crippen LogP contribution is 2.34. The SMILES string of the molecule is C=Cc1cc(NC(=O)C(C)(C)c2ccc(OC(C)(C)F)cc2C)cc(F)c1-c1cnn(C(C)C)c1. The fourth-order valence-corrected chi connectivity index (χ4v) is 4.01. The molecule has 0 saturated heterocycles. The van der Waals surface area contributed by atoms with E-state index in [1.165, 1.54) is 19.9 Å². The Morgan fingerprint density at radius 3 is 2.43 bits per heavy atom. The van der Waals surface area contributed by atoms with Gasteiger partial charge < -0.3 is 10.1 Å². The van der Waals surface area contributed by atoms with E-state index in [9.17, 15) is 9.18 Å². The zero-order valence-electron chi connectivity index (χ0n) is 21.4. The van der Waals surface area contributed by atoms with Gasteiger partial charge in [0.2, 0.25) is 11.8 Å². The number of alkyl halides is 1. The molecule has 0 radical (unpaired) electrons. The summed E-state index contributed by atoms with van der Waals surface area (Å²) >= 11 is 0. The van der Waals surface area contributed by atoms with Crippen LogP contribution >= 0.6 is 0 Å². The first-order valence-corrected chi connectivity index (χ1v) is 11.5. The molecule has 0 aliphatic rings. The zero-order chi connectivity index (χ0) is 26.1. The minimum Gasteiger partial charge on any atom is -0.459 e. The fraction of sp³-hybridized carbons (Fsp3) is 0.357. The smallest absolute Gasteiger partial charge is 0.242 e. The van der Waals surface area contributed by atoms with Gasteiger partial charge in [-0.3, -0.25) is 9.48 Å². The van der Waals surface area contributed by atoms with E-state index in [2.05, 4.69) is 17.0 Å². The normalized spacial score (nSPS) is 12.1. The number of nitrogens with one attached hydrogen (secondary N) is 1. The van der Waals surface area contributed by atoms with Crippen molar-refractivity contribution in [3.05, 3.63) is 71.8 Å². The number of hydrogen-bond acceptors (Lipinski definition) is 3. The lowest BCUT2D eigenvalue weighted by Gasteiger charge is -2.27. The summed E-state index contributed by atoms with van der Waals surface area (Å²) in [5.41, 5.74) is 2.48. The lowest BCUT2D eigenvalue weighted by Crippen LogP contribution is -2.35. The summed E-state index contributed by atoms with van der Waals surface area (Å²) in [7, 11) is 0. The molecule has 0 bridgehead atoms. The fourth-order valence-electron chi connectivity index (χ4n) is 4.01. The van der Waals surface area contributed by atoms with Gasteiger partial charge in [0.15, 0.2) is 0 Å². The number of carbonyl (C=O) groups is 1. The van der Waals surface area contributed by atoms with E-state index in [1.54, 1.807) is 61.3 Å². The first-order valence-electron chi connectivity index (χ1n) is 11.5. The van der Waals surface area contributed by atoms with Crippen molar-refractivity contribution in [3.8, 4) is 16.9 Å². The van der Waals surface area contributed by atoms with E-state index >= 15 is 4.39 Å². The molecular formula is C28H33F2N3O2. The number of hydrogen-bond donors (Lipinski definition) is 1. The van der Waals surface area contributed by atoms with Gasteiger partial charge in [-0.2, -0.15) is 9.49 Å². The molecule has 2 aromatic carbocycles. The molecule has 0 fully saturated rings. The van der Waals surface area contributed by atoms with Gasteiger partial charge in [0.25, 0.3) is 0 Å². The maximum Gasteiger partial charge on any atom is 0.242 e. The van der Waals surface area contributed by atoms with Gasteiger partial charge in [0.05, 0.1) is 11.6 Å². The molecule has 1 N–H and O–H groups in total. The van der Waals surface area contributed by atoms with Crippen LogP contribution in [0.5, 0.6) is 5.75 Å². The summed E-state index contributed by atoms with van der Waals surface area (Å²) in [6.45, 7) is 15.9. The quantitative estimate of drug-likeness (QED) is 0.369. The number of ether oxygens (including phenoxy) is 1. The summed E-state index contributed by atoms with van der Waals surface area (Å²) in [6.07, 6.45) is 4.96. The summed E-state index contributed by atoms with van der Waals surface area (Å²) in [5, 5.41) is 7.14. The van der Waals surface area contributed by atoms with Crippen molar-refractivity contribution in [2.75, 3.05) is 5.32 Å². The molecule has 7 heteroatoms. The second-order valence-electron chi connectivity index (χ2n) is 9.95. The summed E-state index contributed by atoms with van der Waals surface area (Å²) < 4.78 is 36.1. The maximum atomic E-state index is 15.2. The molecule has 0 saturated carbocycles. The van der Waals surface area contributed by atoms with E-state index in [0.717, 1.165) is 11.1 Å². The molecule has 0 spiro atoms. The number of rotatable bonds is 8. The van der Waals surface area contributed by atoms with Crippen LogP contribution in [0.25, 0.3) is 17.2 Å². The molecule has 35 heavy (non-hydrogen) atoms. The third-order valence-electron chi connectivity index (χ3n) is 5.82. The molecule has 3 aromatic rings. The average molecular weight is 482 g/mol. The van der Waals surface area contributed by atoms with Crippen LogP contribution in [0.4, 0.5) is 14.5 Å². The summed E-state index contributed by atoms with van der Waals surface area (Å²) in [6, 6.07) is 8.23. The summed E-state index contributed by atoms with van der Waals surface area (Å²) in [5.74, 6) is -2.22. The highest BCUT2D eigenvalue weighted by atomic mass is 19.2. The van der Waals surface area contributed by atoms with Crippen molar-refractivity contribution >= 4 is 17.7 Å². The number of amides is 1. The van der Waals surface area contributed by atoms with Crippen molar-refractivity contribution in [1.29, 1.82) is 0 Å². The largest absolute Gasteiger partial charge is 0.459 e. The van der Waals surface area contributed by atoms with E-state index in [-0.39, 0.29) is 11.9 Å². The molecule has 0 unspecified atom stereocenters. The molecule has 3 rings (SSSR count). The Kier molecular flexibility index (Phi) is 7.20.